The first kappa shape index (κ1) is 19.8. The van der Waals surface area contributed by atoms with E-state index >= 15 is 0 Å². The molecule has 3 aromatic heterocycles. The van der Waals surface area contributed by atoms with Crippen LogP contribution in [0, 0.1) is 0 Å². The molecule has 3 N–H and O–H groups in total. The van der Waals surface area contributed by atoms with Gasteiger partial charge in [-0.2, -0.15) is 0 Å². The number of halogens is 1. The summed E-state index contributed by atoms with van der Waals surface area (Å²) >= 11 is 3.39. The minimum absolute atomic E-state index is 0.0842. The normalized spacial score (nSPS) is 28.9. The molecule has 4 atom stereocenters. The van der Waals surface area contributed by atoms with Gasteiger partial charge in [-0.25, -0.2) is 0 Å². The molecule has 30 heavy (non-hydrogen) atoms. The van der Waals surface area contributed by atoms with Gasteiger partial charge in [0, 0.05) is 0 Å². The Kier molecular flexibility index (Phi) is 4.76. The van der Waals surface area contributed by atoms with Gasteiger partial charge in [0.2, 0.25) is 0 Å². The average molecular weight is 500 g/mol. The summed E-state index contributed by atoms with van der Waals surface area (Å²) in [7, 11) is -1.91. The molecule has 158 valence electrons. The maximum absolute atomic E-state index is 12.6. The van der Waals surface area contributed by atoms with Crippen molar-refractivity contribution in [2.24, 2.45) is 0 Å². The van der Waals surface area contributed by atoms with Crippen molar-refractivity contribution in [3.05, 3.63) is 29.8 Å². The Morgan fingerprint density at radius 2 is 2.30 bits per heavy atom. The van der Waals surface area contributed by atoms with Crippen molar-refractivity contribution in [1.29, 1.82) is 0 Å². The number of rotatable bonds is 2. The van der Waals surface area contributed by atoms with Crippen molar-refractivity contribution in [1.82, 2.24) is 29.1 Å². The molecule has 13 nitrogen and oxygen atoms in total. The molecule has 0 aliphatic carbocycles. The first-order valence-corrected chi connectivity index (χ1v) is 11.9. The van der Waals surface area contributed by atoms with Gasteiger partial charge in [0.1, 0.15) is 0 Å². The van der Waals surface area contributed by atoms with E-state index < -0.39 is 38.5 Å². The number of nitrogen functional groups attached to an aromatic ring is 1. The summed E-state index contributed by atoms with van der Waals surface area (Å²) in [5.41, 5.74) is 6.66. The fraction of sp³-hybridized carbons (Fsp3) is 0.357. The second-order valence-corrected chi connectivity index (χ2v) is 9.89. The average Bonchev–Trinajstić information content (AvgIpc) is 3.40. The molecule has 2 aliphatic rings. The van der Waals surface area contributed by atoms with E-state index in [1.807, 2.05) is 0 Å². The zero-order valence-corrected chi connectivity index (χ0v) is 18.0. The summed E-state index contributed by atoms with van der Waals surface area (Å²) in [5, 5.41) is 0. The number of hydrogen-bond donors (Lipinski definition) is 2. The van der Waals surface area contributed by atoms with Crippen LogP contribution < -0.4 is 5.73 Å². The third-order valence-electron chi connectivity index (χ3n) is 4.82. The van der Waals surface area contributed by atoms with Gasteiger partial charge in [0.15, 0.2) is 0 Å². The van der Waals surface area contributed by atoms with Crippen LogP contribution in [-0.4, -0.2) is 72.5 Å². The van der Waals surface area contributed by atoms with E-state index in [-0.39, 0.29) is 12.4 Å². The molecule has 0 bridgehead atoms. The number of imidazole rings is 2. The van der Waals surface area contributed by atoms with Crippen LogP contribution in [0.3, 0.4) is 0 Å². The number of anilines is 1. The van der Waals surface area contributed by atoms with Gasteiger partial charge in [0.05, 0.1) is 0 Å². The molecule has 2 aliphatic heterocycles. The summed E-state index contributed by atoms with van der Waals surface area (Å²) in [5.74, 6) is 0.191. The Labute approximate surface area is 178 Å². The number of carbonyl (C=O) groups excluding carboxylic acids is 1. The first-order valence-electron chi connectivity index (χ1n) is 8.86. The van der Waals surface area contributed by atoms with Gasteiger partial charge in [-0.05, 0) is 0 Å². The number of ether oxygens (including phenoxy) is 2. The first-order chi connectivity index (χ1) is 14.3. The van der Waals surface area contributed by atoms with Crippen LogP contribution >= 0.6 is 23.8 Å². The van der Waals surface area contributed by atoms with E-state index in [1.165, 1.54) is 37.2 Å². The number of hydrogen-bond acceptors (Lipinski definition) is 11. The molecule has 1 unspecified atom stereocenters. The summed E-state index contributed by atoms with van der Waals surface area (Å²) in [6, 6.07) is 0. The Bertz CT molecular complexity index is 1110. The number of aromatic nitrogens is 6. The number of carbonyl (C=O) groups is 1. The van der Waals surface area contributed by atoms with Crippen molar-refractivity contribution in [3.8, 4) is 0 Å². The molecule has 0 saturated carbocycles. The van der Waals surface area contributed by atoms with E-state index in [0.29, 0.717) is 15.9 Å². The van der Waals surface area contributed by atoms with Crippen molar-refractivity contribution in [2.75, 3.05) is 12.3 Å². The quantitative estimate of drug-likeness (QED) is 0.272. The third-order valence-corrected chi connectivity index (χ3v) is 6.80. The fourth-order valence-electron chi connectivity index (χ4n) is 3.51. The Morgan fingerprint density at radius 1 is 1.47 bits per heavy atom. The molecule has 3 aromatic rings. The topological polar surface area (TPSA) is 162 Å². The van der Waals surface area contributed by atoms with E-state index in [4.69, 9.17) is 24.3 Å². The molecule has 2 fully saturated rings. The second kappa shape index (κ2) is 7.22. The number of fused-ring (bicyclic) bond motifs is 2. The predicted octanol–water partition coefficient (Wildman–Crippen LogP) is -0.231. The summed E-state index contributed by atoms with van der Waals surface area (Å²) in [4.78, 5) is 39.4. The molecule has 2 saturated heterocycles. The molecule has 0 spiro atoms. The minimum atomic E-state index is -3.40. The van der Waals surface area contributed by atoms with Gasteiger partial charge < -0.3 is 0 Å². The molecule has 16 heteroatoms. The van der Waals surface area contributed by atoms with Crippen LogP contribution in [0.25, 0.3) is 11.2 Å². The SMILES string of the molecule is B[PH]1(O)OC[C@H]2O[C@@H](n3c(Br)nc4c(N)ncnc43)C(OC(=O)n3ccnc3)[C@H]2O1. The third kappa shape index (κ3) is 3.27. The van der Waals surface area contributed by atoms with E-state index in [0.717, 1.165) is 0 Å². The van der Waals surface area contributed by atoms with Gasteiger partial charge in [-0.15, -0.1) is 0 Å². The number of nitrogens with zero attached hydrogens (tertiary/aromatic N) is 6. The molecular weight excluding hydrogens is 484 g/mol. The van der Waals surface area contributed by atoms with Crippen LogP contribution in [0.2, 0.25) is 0 Å². The van der Waals surface area contributed by atoms with Gasteiger partial charge >= 0.3 is 178 Å². The van der Waals surface area contributed by atoms with Crippen LogP contribution in [0.1, 0.15) is 6.23 Å². The van der Waals surface area contributed by atoms with E-state index in [9.17, 15) is 9.69 Å². The maximum atomic E-state index is 12.6. The summed E-state index contributed by atoms with van der Waals surface area (Å²) in [6.07, 6.45) is 1.66. The van der Waals surface area contributed by atoms with Gasteiger partial charge in [-0.1, -0.05) is 0 Å². The molecule has 5 heterocycles. The summed E-state index contributed by atoms with van der Waals surface area (Å²) < 4.78 is 26.2. The molecule has 5 rings (SSSR count). The summed E-state index contributed by atoms with van der Waals surface area (Å²) in [6.45, 7) is 0.0842. The monoisotopic (exact) mass is 499 g/mol. The van der Waals surface area contributed by atoms with Crippen LogP contribution in [0.5, 0.6) is 0 Å². The van der Waals surface area contributed by atoms with Gasteiger partial charge in [0.25, 0.3) is 0 Å². The molecular formula is C14H16BBrN7O6P. The van der Waals surface area contributed by atoms with E-state index in [1.54, 1.807) is 4.57 Å². The molecule has 0 radical (unpaired) electrons. The zero-order valence-electron chi connectivity index (χ0n) is 15.5. The van der Waals surface area contributed by atoms with Crippen LogP contribution in [-0.2, 0) is 18.5 Å². The second-order valence-electron chi connectivity index (χ2n) is 6.86. The van der Waals surface area contributed by atoms with E-state index in [2.05, 4.69) is 35.9 Å². The zero-order chi connectivity index (χ0) is 21.0. The molecule has 0 amide bonds. The Morgan fingerprint density at radius 3 is 3.07 bits per heavy atom. The number of nitrogens with two attached hydrogens (primary N) is 1. The van der Waals surface area contributed by atoms with Crippen LogP contribution in [0.15, 0.2) is 29.8 Å². The van der Waals surface area contributed by atoms with Crippen molar-refractivity contribution in [2.45, 2.75) is 24.5 Å². The predicted molar refractivity (Wildman–Crippen MR) is 109 cm³/mol. The Balaban J connectivity index is 1.57. The van der Waals surface area contributed by atoms with Crippen LogP contribution in [0.4, 0.5) is 10.6 Å². The van der Waals surface area contributed by atoms with Gasteiger partial charge in [-0.3, -0.25) is 0 Å². The van der Waals surface area contributed by atoms with Crippen molar-refractivity contribution < 1.29 is 28.2 Å². The Hall–Kier alpha value is -2.16. The van der Waals surface area contributed by atoms with Crippen molar-refractivity contribution in [3.63, 3.8) is 0 Å². The fourth-order valence-corrected chi connectivity index (χ4v) is 5.39. The van der Waals surface area contributed by atoms with Crippen molar-refractivity contribution >= 4 is 54.4 Å². The standard InChI is InChI=1S/C14H16BBrN7O6P/c15-30(25)26-3-6-8(29-30)9(28-14(24)22-2-1-18-5-22)12(27-6)23-11-7(21-13(23)16)10(17)19-4-20-11/h1-2,4-6,8-9,12,25,30H,3,15H2,(H2,17,19,20)/t6-,8+,9?,12-/m1/s1. The molecule has 0 aromatic carbocycles.